The van der Waals surface area contributed by atoms with Crippen LogP contribution in [-0.4, -0.2) is 55.1 Å². The van der Waals surface area contributed by atoms with Gasteiger partial charge in [0.1, 0.15) is 28.6 Å². The van der Waals surface area contributed by atoms with E-state index < -0.39 is 17.4 Å². The van der Waals surface area contributed by atoms with E-state index in [0.717, 1.165) is 9.25 Å². The van der Waals surface area contributed by atoms with Crippen LogP contribution >= 0.6 is 0 Å². The zero-order valence-electron chi connectivity index (χ0n) is 19.5. The van der Waals surface area contributed by atoms with Gasteiger partial charge in [-0.2, -0.15) is 19.1 Å². The quantitative estimate of drug-likeness (QED) is 0.376. The highest BCUT2D eigenvalue weighted by atomic mass is 19.1. The number of aryl methyl sites for hydroxylation is 1. The molecule has 1 fully saturated rings. The van der Waals surface area contributed by atoms with E-state index in [1.54, 1.807) is 26.3 Å². The zero-order valence-corrected chi connectivity index (χ0v) is 19.5. The Morgan fingerprint density at radius 3 is 2.60 bits per heavy atom. The molecule has 0 unspecified atom stereocenters. The number of anilines is 3. The number of amides is 1. The number of carbonyl (C=O) groups is 1. The molecule has 1 saturated carbocycles. The largest absolute Gasteiger partial charge is 0.381 e. The van der Waals surface area contributed by atoms with E-state index in [9.17, 15) is 14.0 Å². The van der Waals surface area contributed by atoms with Crippen LogP contribution in [0, 0.1) is 5.95 Å². The van der Waals surface area contributed by atoms with E-state index in [-0.39, 0.29) is 28.4 Å². The summed E-state index contributed by atoms with van der Waals surface area (Å²) in [7, 11) is 4.89. The van der Waals surface area contributed by atoms with Crippen LogP contribution in [0.25, 0.3) is 11.3 Å². The Morgan fingerprint density at radius 1 is 1.29 bits per heavy atom. The minimum Gasteiger partial charge on any atom is -0.381 e. The lowest BCUT2D eigenvalue weighted by Crippen LogP contribution is -2.21. The van der Waals surface area contributed by atoms with Gasteiger partial charge in [0.25, 0.3) is 11.5 Å². The average molecular weight is 484 g/mol. The number of halogens is 1. The fourth-order valence-electron chi connectivity index (χ4n) is 3.47. The van der Waals surface area contributed by atoms with Gasteiger partial charge in [-0.25, -0.2) is 9.67 Å². The standard InChI is InChI=1S/C17H16FN9O2.C5H10O/c1-20-13-6-12(24-16-9(15(19)28)7-22-27(13)16)23-10-4-3-5-26(17(10)29)11-8-21-25(2)14(11)18;1-6-5-3-2-4-5/h3-8,20H,1-2H3,(H2,19,28)(H,23,24);5H,2-4H2,1H3. The molecule has 5 rings (SSSR count). The molecule has 0 aromatic carbocycles. The average Bonchev–Trinajstić information content (AvgIpc) is 3.38. The highest BCUT2D eigenvalue weighted by Gasteiger charge is 2.17. The number of fused-ring (bicyclic) bond motifs is 1. The van der Waals surface area contributed by atoms with Crippen LogP contribution in [0.2, 0.25) is 0 Å². The molecule has 0 bridgehead atoms. The minimum absolute atomic E-state index is 0.0206. The first-order valence-corrected chi connectivity index (χ1v) is 10.9. The number of hydrogen-bond acceptors (Lipinski definition) is 8. The van der Waals surface area contributed by atoms with Crippen LogP contribution in [0.15, 0.2) is 41.6 Å². The highest BCUT2D eigenvalue weighted by molar-refractivity contribution is 5.98. The van der Waals surface area contributed by atoms with Crippen LogP contribution < -0.4 is 21.9 Å². The number of aromatic nitrogens is 6. The Balaban J connectivity index is 0.000000421. The molecular weight excluding hydrogens is 457 g/mol. The van der Waals surface area contributed by atoms with Crippen molar-refractivity contribution in [3.05, 3.63) is 58.7 Å². The van der Waals surface area contributed by atoms with Gasteiger partial charge >= 0.3 is 0 Å². The van der Waals surface area contributed by atoms with E-state index in [1.165, 1.54) is 55.5 Å². The molecule has 0 radical (unpaired) electrons. The molecule has 4 heterocycles. The van der Waals surface area contributed by atoms with Crippen LogP contribution in [0.4, 0.5) is 21.7 Å². The number of nitrogens with one attached hydrogen (secondary N) is 2. The van der Waals surface area contributed by atoms with Gasteiger partial charge in [0, 0.05) is 33.5 Å². The minimum atomic E-state index is -0.680. The fourth-order valence-corrected chi connectivity index (χ4v) is 3.47. The Morgan fingerprint density at radius 2 is 2.06 bits per heavy atom. The predicted octanol–water partition coefficient (Wildman–Crippen LogP) is 1.82. The summed E-state index contributed by atoms with van der Waals surface area (Å²) in [5.74, 6) is -0.543. The second-order valence-electron chi connectivity index (χ2n) is 7.89. The van der Waals surface area contributed by atoms with Crippen molar-refractivity contribution in [2.24, 2.45) is 12.8 Å². The lowest BCUT2D eigenvalue weighted by atomic mass is 9.96. The molecule has 184 valence electrons. The van der Waals surface area contributed by atoms with Crippen LogP contribution in [0.5, 0.6) is 0 Å². The first kappa shape index (κ1) is 23.9. The molecule has 1 aliphatic rings. The summed E-state index contributed by atoms with van der Waals surface area (Å²) in [4.78, 5) is 28.8. The topological polar surface area (TPSA) is 146 Å². The van der Waals surface area contributed by atoms with Crippen molar-refractivity contribution in [2.45, 2.75) is 25.4 Å². The van der Waals surface area contributed by atoms with E-state index in [0.29, 0.717) is 11.9 Å². The van der Waals surface area contributed by atoms with Gasteiger partial charge in [-0.1, -0.05) is 0 Å². The molecule has 12 nitrogen and oxygen atoms in total. The third-order valence-electron chi connectivity index (χ3n) is 5.70. The molecule has 4 aromatic heterocycles. The van der Waals surface area contributed by atoms with Crippen molar-refractivity contribution in [3.8, 4) is 5.69 Å². The van der Waals surface area contributed by atoms with Gasteiger partial charge in [-0.05, 0) is 31.4 Å². The van der Waals surface area contributed by atoms with Gasteiger partial charge in [0.15, 0.2) is 5.65 Å². The van der Waals surface area contributed by atoms with Crippen LogP contribution in [0.1, 0.15) is 29.6 Å². The Hall–Kier alpha value is -4.26. The summed E-state index contributed by atoms with van der Waals surface area (Å²) < 4.78 is 22.8. The molecule has 0 aliphatic heterocycles. The summed E-state index contributed by atoms with van der Waals surface area (Å²) in [6.07, 6.45) is 8.58. The smallest absolute Gasteiger partial charge is 0.278 e. The maximum atomic E-state index is 14.2. The van der Waals surface area contributed by atoms with Gasteiger partial charge < -0.3 is 21.1 Å². The Kier molecular flexibility index (Phi) is 6.78. The third-order valence-corrected chi connectivity index (χ3v) is 5.70. The number of ether oxygens (including phenoxy) is 1. The molecule has 1 amide bonds. The molecule has 4 aromatic rings. The van der Waals surface area contributed by atoms with Gasteiger partial charge in [0.05, 0.1) is 18.5 Å². The number of nitrogens with zero attached hydrogens (tertiary/aromatic N) is 6. The summed E-state index contributed by atoms with van der Waals surface area (Å²) in [5.41, 5.74) is 5.39. The second-order valence-corrected chi connectivity index (χ2v) is 7.89. The second kappa shape index (κ2) is 9.93. The lowest BCUT2D eigenvalue weighted by molar-refractivity contribution is 0.0412. The molecule has 0 saturated heterocycles. The normalized spacial score (nSPS) is 13.1. The molecule has 0 spiro atoms. The van der Waals surface area contributed by atoms with Crippen molar-refractivity contribution < 1.29 is 13.9 Å². The van der Waals surface area contributed by atoms with Gasteiger partial charge in [-0.15, -0.1) is 0 Å². The molecule has 0 atom stereocenters. The maximum absolute atomic E-state index is 14.2. The monoisotopic (exact) mass is 483 g/mol. The van der Waals surface area contributed by atoms with E-state index in [2.05, 4.69) is 25.8 Å². The number of rotatable bonds is 6. The number of carbonyl (C=O) groups excluding carboxylic acids is 1. The van der Waals surface area contributed by atoms with E-state index in [4.69, 9.17) is 10.5 Å². The molecule has 13 heteroatoms. The van der Waals surface area contributed by atoms with Crippen LogP contribution in [0.3, 0.4) is 0 Å². The third kappa shape index (κ3) is 4.71. The number of pyridine rings is 1. The molecular formula is C22H26FN9O3. The summed E-state index contributed by atoms with van der Waals surface area (Å²) in [6, 6.07) is 4.72. The Bertz CT molecular complexity index is 1420. The first-order chi connectivity index (χ1) is 16.8. The molecule has 4 N–H and O–H groups in total. The summed E-state index contributed by atoms with van der Waals surface area (Å²) in [6.45, 7) is 0. The van der Waals surface area contributed by atoms with Crippen molar-refractivity contribution in [3.63, 3.8) is 0 Å². The number of methoxy groups -OCH3 is 1. The molecule has 1 aliphatic carbocycles. The zero-order chi connectivity index (χ0) is 25.1. The Labute approximate surface area is 199 Å². The van der Waals surface area contributed by atoms with Crippen molar-refractivity contribution in [1.82, 2.24) is 28.9 Å². The SMILES string of the molecule is CNc1cc(Nc2cccn(-c3cnn(C)c3F)c2=O)nc2c(C(N)=O)cnn12.COC1CCC1. The fraction of sp³-hybridized carbons (Fsp3) is 0.318. The van der Waals surface area contributed by atoms with Crippen molar-refractivity contribution >= 4 is 28.9 Å². The number of primary amides is 1. The lowest BCUT2D eigenvalue weighted by Gasteiger charge is -2.22. The number of nitrogens with two attached hydrogens (primary N) is 1. The highest BCUT2D eigenvalue weighted by Crippen LogP contribution is 2.21. The predicted molar refractivity (Wildman–Crippen MR) is 128 cm³/mol. The summed E-state index contributed by atoms with van der Waals surface area (Å²) >= 11 is 0. The van der Waals surface area contributed by atoms with Gasteiger partial charge in [-0.3, -0.25) is 14.2 Å². The van der Waals surface area contributed by atoms with Crippen LogP contribution in [-0.2, 0) is 11.8 Å². The van der Waals surface area contributed by atoms with E-state index in [1.807, 2.05) is 0 Å². The van der Waals surface area contributed by atoms with Crippen molar-refractivity contribution in [2.75, 3.05) is 24.8 Å². The van der Waals surface area contributed by atoms with Crippen molar-refractivity contribution in [1.29, 1.82) is 0 Å². The number of hydrogen-bond donors (Lipinski definition) is 3. The summed E-state index contributed by atoms with van der Waals surface area (Å²) in [5, 5.41) is 13.7. The van der Waals surface area contributed by atoms with E-state index >= 15 is 0 Å². The first-order valence-electron chi connectivity index (χ1n) is 10.9. The van der Waals surface area contributed by atoms with Gasteiger partial charge in [0.2, 0.25) is 5.95 Å². The molecule has 35 heavy (non-hydrogen) atoms. The maximum Gasteiger partial charge on any atom is 0.278 e.